The summed E-state index contributed by atoms with van der Waals surface area (Å²) in [6.45, 7) is 3.16. The number of amides is 2. The summed E-state index contributed by atoms with van der Waals surface area (Å²) >= 11 is 0. The Kier molecular flexibility index (Phi) is 6.47. The van der Waals surface area contributed by atoms with Crippen molar-refractivity contribution in [3.05, 3.63) is 23.9 Å². The third-order valence-electron chi connectivity index (χ3n) is 4.66. The zero-order valence-electron chi connectivity index (χ0n) is 14.8. The van der Waals surface area contributed by atoms with E-state index in [1.807, 2.05) is 17.0 Å². The molecule has 0 saturated carbocycles. The maximum atomic E-state index is 12.7. The Labute approximate surface area is 148 Å². The number of aromatic nitrogens is 1. The van der Waals surface area contributed by atoms with Gasteiger partial charge in [0.15, 0.2) is 0 Å². The van der Waals surface area contributed by atoms with Crippen molar-refractivity contribution in [3.8, 4) is 5.88 Å². The van der Waals surface area contributed by atoms with E-state index < -0.39 is 0 Å². The van der Waals surface area contributed by atoms with E-state index >= 15 is 0 Å². The third kappa shape index (κ3) is 5.06. The molecule has 3 rings (SSSR count). The molecule has 2 fully saturated rings. The summed E-state index contributed by atoms with van der Waals surface area (Å²) in [5.41, 5.74) is 0.854. The molecule has 7 heteroatoms. The molecule has 25 heavy (non-hydrogen) atoms. The second-order valence-corrected chi connectivity index (χ2v) is 6.51. The van der Waals surface area contributed by atoms with Gasteiger partial charge in [-0.1, -0.05) is 6.07 Å². The van der Waals surface area contributed by atoms with E-state index in [1.165, 1.54) is 0 Å². The van der Waals surface area contributed by atoms with Crippen molar-refractivity contribution in [2.75, 3.05) is 33.4 Å². The molecule has 2 amide bonds. The average molecular weight is 349 g/mol. The number of nitrogens with one attached hydrogen (secondary N) is 1. The molecular formula is C18H27N3O4. The van der Waals surface area contributed by atoms with Crippen molar-refractivity contribution in [2.45, 2.75) is 44.4 Å². The predicted octanol–water partition coefficient (Wildman–Crippen LogP) is 1.96. The number of carbonyl (C=O) groups excluding carboxylic acids is 1. The fourth-order valence-electron chi connectivity index (χ4n) is 3.33. The highest BCUT2D eigenvalue weighted by Gasteiger charge is 2.26. The number of nitrogens with zero attached hydrogens (tertiary/aromatic N) is 2. The summed E-state index contributed by atoms with van der Waals surface area (Å²) in [5, 5.41) is 2.98. The highest BCUT2D eigenvalue weighted by Crippen LogP contribution is 2.18. The zero-order chi connectivity index (χ0) is 17.5. The molecule has 2 aliphatic heterocycles. The molecule has 0 aliphatic carbocycles. The van der Waals surface area contributed by atoms with Crippen LogP contribution in [0.1, 0.15) is 31.2 Å². The summed E-state index contributed by atoms with van der Waals surface area (Å²) in [5.74, 6) is 0.535. The Morgan fingerprint density at radius 2 is 1.96 bits per heavy atom. The van der Waals surface area contributed by atoms with E-state index in [-0.39, 0.29) is 18.2 Å². The molecule has 1 aromatic rings. The van der Waals surface area contributed by atoms with Crippen molar-refractivity contribution in [2.24, 2.45) is 0 Å². The summed E-state index contributed by atoms with van der Waals surface area (Å²) in [6.07, 6.45) is 6.06. The summed E-state index contributed by atoms with van der Waals surface area (Å²) in [6, 6.07) is 3.63. The molecule has 1 aromatic heterocycles. The number of carbonyl (C=O) groups is 1. The molecule has 2 atom stereocenters. The van der Waals surface area contributed by atoms with Gasteiger partial charge in [-0.3, -0.25) is 0 Å². The number of pyridine rings is 1. The van der Waals surface area contributed by atoms with E-state index in [9.17, 15) is 4.79 Å². The van der Waals surface area contributed by atoms with E-state index in [2.05, 4.69) is 10.3 Å². The number of urea groups is 1. The van der Waals surface area contributed by atoms with Crippen LogP contribution in [0.3, 0.4) is 0 Å². The molecule has 3 heterocycles. The topological polar surface area (TPSA) is 72.9 Å². The van der Waals surface area contributed by atoms with E-state index in [1.54, 1.807) is 13.3 Å². The van der Waals surface area contributed by atoms with Crippen LogP contribution in [0.2, 0.25) is 0 Å². The Balaban J connectivity index is 1.58. The normalized spacial score (nSPS) is 22.8. The first-order valence-electron chi connectivity index (χ1n) is 9.00. The standard InChI is InChI=1S/C18H27N3O4/c1-23-17-14(5-2-8-19-17)11-20-18(22)21(12-15-6-3-9-24-15)13-16-7-4-10-25-16/h2,5,8,15-16H,3-4,6-7,9-13H2,1H3,(H,20,22)/t15-,16-/m0/s1. The van der Waals surface area contributed by atoms with Gasteiger partial charge in [-0.15, -0.1) is 0 Å². The fourth-order valence-corrected chi connectivity index (χ4v) is 3.33. The molecule has 2 saturated heterocycles. The molecule has 0 spiro atoms. The van der Waals surface area contributed by atoms with Gasteiger partial charge >= 0.3 is 6.03 Å². The number of hydrogen-bond donors (Lipinski definition) is 1. The van der Waals surface area contributed by atoms with Gasteiger partial charge in [0.2, 0.25) is 5.88 Å². The van der Waals surface area contributed by atoms with Gasteiger partial charge in [-0.05, 0) is 31.7 Å². The van der Waals surface area contributed by atoms with Crippen molar-refractivity contribution < 1.29 is 19.0 Å². The van der Waals surface area contributed by atoms with Crippen molar-refractivity contribution >= 4 is 6.03 Å². The lowest BCUT2D eigenvalue weighted by Gasteiger charge is -2.28. The van der Waals surface area contributed by atoms with Gasteiger partial charge in [-0.25, -0.2) is 9.78 Å². The molecular weight excluding hydrogens is 322 g/mol. The van der Waals surface area contributed by atoms with Crippen LogP contribution in [0.4, 0.5) is 4.79 Å². The number of hydrogen-bond acceptors (Lipinski definition) is 5. The molecule has 0 aromatic carbocycles. The van der Waals surface area contributed by atoms with Crippen LogP contribution < -0.4 is 10.1 Å². The van der Waals surface area contributed by atoms with Gasteiger partial charge in [0.1, 0.15) is 0 Å². The predicted molar refractivity (Wildman–Crippen MR) is 92.5 cm³/mol. The van der Waals surface area contributed by atoms with Crippen LogP contribution in [0, 0.1) is 0 Å². The lowest BCUT2D eigenvalue weighted by atomic mass is 10.2. The van der Waals surface area contributed by atoms with Crippen molar-refractivity contribution in [3.63, 3.8) is 0 Å². The third-order valence-corrected chi connectivity index (χ3v) is 4.66. The average Bonchev–Trinajstić information content (AvgIpc) is 3.33. The number of rotatable bonds is 7. The number of ether oxygens (including phenoxy) is 3. The number of methoxy groups -OCH3 is 1. The van der Waals surface area contributed by atoms with Crippen LogP contribution in [-0.4, -0.2) is 61.5 Å². The second kappa shape index (κ2) is 9.01. The smallest absolute Gasteiger partial charge is 0.317 e. The molecule has 0 unspecified atom stereocenters. The highest BCUT2D eigenvalue weighted by atomic mass is 16.5. The minimum Gasteiger partial charge on any atom is -0.481 e. The minimum absolute atomic E-state index is 0.100. The minimum atomic E-state index is -0.100. The maximum Gasteiger partial charge on any atom is 0.317 e. The van der Waals surface area contributed by atoms with E-state index in [4.69, 9.17) is 14.2 Å². The zero-order valence-corrected chi connectivity index (χ0v) is 14.8. The fraction of sp³-hybridized carbons (Fsp3) is 0.667. The van der Waals surface area contributed by atoms with Gasteiger partial charge in [0.05, 0.1) is 19.3 Å². The highest BCUT2D eigenvalue weighted by molar-refractivity contribution is 5.74. The van der Waals surface area contributed by atoms with Crippen LogP contribution in [0.15, 0.2) is 18.3 Å². The first-order valence-corrected chi connectivity index (χ1v) is 9.00. The lowest BCUT2D eigenvalue weighted by molar-refractivity contribution is 0.0498. The van der Waals surface area contributed by atoms with Crippen molar-refractivity contribution in [1.82, 2.24) is 15.2 Å². The quantitative estimate of drug-likeness (QED) is 0.815. The van der Waals surface area contributed by atoms with Gasteiger partial charge in [0.25, 0.3) is 0 Å². The first-order chi connectivity index (χ1) is 12.3. The first kappa shape index (κ1) is 17.9. The van der Waals surface area contributed by atoms with Crippen LogP contribution in [0.5, 0.6) is 5.88 Å². The molecule has 138 valence electrons. The van der Waals surface area contributed by atoms with Crippen LogP contribution >= 0.6 is 0 Å². The summed E-state index contributed by atoms with van der Waals surface area (Å²) in [4.78, 5) is 18.7. The summed E-state index contributed by atoms with van der Waals surface area (Å²) < 4.78 is 16.6. The second-order valence-electron chi connectivity index (χ2n) is 6.51. The Bertz CT molecular complexity index is 539. The Hall–Kier alpha value is -1.86. The lowest BCUT2D eigenvalue weighted by Crippen LogP contribution is -2.46. The van der Waals surface area contributed by atoms with Crippen LogP contribution in [-0.2, 0) is 16.0 Å². The SMILES string of the molecule is COc1ncccc1CNC(=O)N(C[C@@H]1CCCO1)C[C@@H]1CCCO1. The van der Waals surface area contributed by atoms with E-state index in [0.29, 0.717) is 25.5 Å². The van der Waals surface area contributed by atoms with Crippen LogP contribution in [0.25, 0.3) is 0 Å². The summed E-state index contributed by atoms with van der Waals surface area (Å²) in [7, 11) is 1.58. The molecule has 0 radical (unpaired) electrons. The van der Waals surface area contributed by atoms with Crippen molar-refractivity contribution in [1.29, 1.82) is 0 Å². The maximum absolute atomic E-state index is 12.7. The monoisotopic (exact) mass is 349 g/mol. The molecule has 1 N–H and O–H groups in total. The molecule has 0 bridgehead atoms. The largest absolute Gasteiger partial charge is 0.481 e. The molecule has 2 aliphatic rings. The Morgan fingerprint density at radius 3 is 2.52 bits per heavy atom. The van der Waals surface area contributed by atoms with E-state index in [0.717, 1.165) is 44.5 Å². The van der Waals surface area contributed by atoms with Gasteiger partial charge in [-0.2, -0.15) is 0 Å². The van der Waals surface area contributed by atoms with Gasteiger partial charge < -0.3 is 24.4 Å². The van der Waals surface area contributed by atoms with Gasteiger partial charge in [0, 0.05) is 44.6 Å². The Morgan fingerprint density at radius 1 is 1.28 bits per heavy atom. The molecule has 7 nitrogen and oxygen atoms in total.